The third-order valence-electron chi connectivity index (χ3n) is 4.82. The van der Waals surface area contributed by atoms with Gasteiger partial charge in [-0.1, -0.05) is 54.1 Å². The number of carbonyl (C=O) groups is 2. The van der Waals surface area contributed by atoms with Crippen LogP contribution in [0.5, 0.6) is 0 Å². The summed E-state index contributed by atoms with van der Waals surface area (Å²) >= 11 is 7.15. The second kappa shape index (κ2) is 11.2. The Morgan fingerprint density at radius 2 is 1.61 bits per heavy atom. The van der Waals surface area contributed by atoms with Gasteiger partial charge >= 0.3 is 0 Å². The van der Waals surface area contributed by atoms with Crippen LogP contribution >= 0.6 is 22.9 Å². The van der Waals surface area contributed by atoms with Crippen LogP contribution in [0, 0.1) is 0 Å². The molecule has 0 bridgehead atoms. The Balaban J connectivity index is 1.43. The fourth-order valence-corrected chi connectivity index (χ4v) is 5.44. The summed E-state index contributed by atoms with van der Waals surface area (Å²) < 4.78 is 27.7. The van der Waals surface area contributed by atoms with E-state index in [1.165, 1.54) is 24.4 Å². The third kappa shape index (κ3) is 6.16. The van der Waals surface area contributed by atoms with Crippen LogP contribution in [0.15, 0.2) is 99.6 Å². The predicted octanol–water partition coefficient (Wildman–Crippen LogP) is 5.22. The number of hydrogen-bond acceptors (Lipinski definition) is 6. The van der Waals surface area contributed by atoms with Gasteiger partial charge < -0.3 is 5.32 Å². The normalized spacial score (nSPS) is 11.2. The molecule has 0 fully saturated rings. The van der Waals surface area contributed by atoms with Crippen molar-refractivity contribution in [3.8, 4) is 0 Å². The summed E-state index contributed by atoms with van der Waals surface area (Å²) in [5.41, 5.74) is 4.10. The quantitative estimate of drug-likeness (QED) is 0.211. The molecule has 11 heteroatoms. The maximum absolute atomic E-state index is 12.7. The Bertz CT molecular complexity index is 1540. The van der Waals surface area contributed by atoms with Crippen LogP contribution in [0.3, 0.4) is 0 Å². The van der Waals surface area contributed by atoms with E-state index < -0.39 is 15.9 Å². The molecule has 0 spiro atoms. The van der Waals surface area contributed by atoms with E-state index in [-0.39, 0.29) is 21.4 Å². The molecule has 0 saturated carbocycles. The molecule has 0 aliphatic heterocycles. The number of thiophene rings is 1. The van der Waals surface area contributed by atoms with E-state index >= 15 is 0 Å². The van der Waals surface area contributed by atoms with Crippen molar-refractivity contribution < 1.29 is 18.0 Å². The van der Waals surface area contributed by atoms with Gasteiger partial charge in [0.2, 0.25) is 0 Å². The largest absolute Gasteiger partial charge is 0.322 e. The molecule has 1 aromatic heterocycles. The zero-order chi connectivity index (χ0) is 25.5. The highest BCUT2D eigenvalue weighted by Gasteiger charge is 2.19. The Kier molecular flexibility index (Phi) is 7.79. The van der Waals surface area contributed by atoms with Crippen molar-refractivity contribution in [2.75, 3.05) is 10.0 Å². The van der Waals surface area contributed by atoms with Crippen LogP contribution in [0.1, 0.15) is 26.3 Å². The number of hydrogen-bond donors (Lipinski definition) is 3. The SMILES string of the molecule is O=C(Nc1cccc(C=NNC(=O)c2ccccc2NS(=O)(=O)c2cccs2)c1)c1ccccc1Cl. The molecule has 36 heavy (non-hydrogen) atoms. The van der Waals surface area contributed by atoms with Gasteiger partial charge in [0.25, 0.3) is 21.8 Å². The first-order chi connectivity index (χ1) is 17.3. The van der Waals surface area contributed by atoms with E-state index in [0.717, 1.165) is 11.3 Å². The fourth-order valence-electron chi connectivity index (χ4n) is 3.15. The Hall–Kier alpha value is -3.99. The summed E-state index contributed by atoms with van der Waals surface area (Å²) in [7, 11) is -3.82. The molecular formula is C25H19ClN4O4S2. The van der Waals surface area contributed by atoms with Crippen molar-refractivity contribution in [1.82, 2.24) is 5.43 Å². The number of nitrogens with one attached hydrogen (secondary N) is 3. The van der Waals surface area contributed by atoms with E-state index in [2.05, 4.69) is 20.6 Å². The summed E-state index contributed by atoms with van der Waals surface area (Å²) in [6, 6.07) is 22.9. The van der Waals surface area contributed by atoms with Gasteiger partial charge in [-0.2, -0.15) is 5.10 Å². The van der Waals surface area contributed by atoms with Crippen LogP contribution in [-0.2, 0) is 10.0 Å². The molecule has 3 aromatic carbocycles. The van der Waals surface area contributed by atoms with E-state index in [9.17, 15) is 18.0 Å². The predicted molar refractivity (Wildman–Crippen MR) is 142 cm³/mol. The minimum absolute atomic E-state index is 0.107. The van der Waals surface area contributed by atoms with Crippen molar-refractivity contribution in [3.63, 3.8) is 0 Å². The number of sulfonamides is 1. The van der Waals surface area contributed by atoms with Crippen molar-refractivity contribution in [2.24, 2.45) is 5.10 Å². The molecule has 0 aliphatic rings. The van der Waals surface area contributed by atoms with E-state index in [0.29, 0.717) is 21.8 Å². The summed E-state index contributed by atoms with van der Waals surface area (Å²) in [5, 5.41) is 8.73. The zero-order valence-electron chi connectivity index (χ0n) is 18.5. The molecule has 4 aromatic rings. The van der Waals surface area contributed by atoms with Crippen LogP contribution < -0.4 is 15.5 Å². The summed E-state index contributed by atoms with van der Waals surface area (Å²) in [6.45, 7) is 0. The Morgan fingerprint density at radius 3 is 2.36 bits per heavy atom. The van der Waals surface area contributed by atoms with Gasteiger partial charge in [0, 0.05) is 5.69 Å². The van der Waals surface area contributed by atoms with Crippen molar-refractivity contribution >= 4 is 62.4 Å². The molecule has 0 atom stereocenters. The number of halogens is 1. The highest BCUT2D eigenvalue weighted by Crippen LogP contribution is 2.23. The summed E-state index contributed by atoms with van der Waals surface area (Å²) in [4.78, 5) is 25.2. The molecule has 0 saturated heterocycles. The average Bonchev–Trinajstić information content (AvgIpc) is 3.41. The lowest BCUT2D eigenvalue weighted by molar-refractivity contribution is 0.0955. The van der Waals surface area contributed by atoms with Gasteiger partial charge in [0.15, 0.2) is 0 Å². The lowest BCUT2D eigenvalue weighted by Gasteiger charge is -2.10. The molecule has 1 heterocycles. The molecule has 0 aliphatic carbocycles. The Labute approximate surface area is 216 Å². The van der Waals surface area contributed by atoms with Gasteiger partial charge in [-0.15, -0.1) is 11.3 Å². The molecule has 0 unspecified atom stereocenters. The van der Waals surface area contributed by atoms with Crippen molar-refractivity contribution in [3.05, 3.63) is 112 Å². The van der Waals surface area contributed by atoms with Gasteiger partial charge in [-0.05, 0) is 53.4 Å². The highest BCUT2D eigenvalue weighted by molar-refractivity contribution is 7.94. The molecule has 0 radical (unpaired) electrons. The molecular weight excluding hydrogens is 520 g/mol. The van der Waals surface area contributed by atoms with E-state index in [4.69, 9.17) is 11.6 Å². The number of nitrogens with zero attached hydrogens (tertiary/aromatic N) is 1. The number of carbonyl (C=O) groups excluding carboxylic acids is 2. The van der Waals surface area contributed by atoms with Crippen LogP contribution in [0.2, 0.25) is 5.02 Å². The van der Waals surface area contributed by atoms with E-state index in [1.807, 2.05) is 0 Å². The molecule has 8 nitrogen and oxygen atoms in total. The van der Waals surface area contributed by atoms with Gasteiger partial charge in [0.1, 0.15) is 4.21 Å². The average molecular weight is 539 g/mol. The van der Waals surface area contributed by atoms with Crippen molar-refractivity contribution in [2.45, 2.75) is 4.21 Å². The molecule has 4 rings (SSSR count). The van der Waals surface area contributed by atoms with Crippen LogP contribution in [-0.4, -0.2) is 26.4 Å². The van der Waals surface area contributed by atoms with Gasteiger partial charge in [-0.25, -0.2) is 13.8 Å². The summed E-state index contributed by atoms with van der Waals surface area (Å²) in [6.07, 6.45) is 1.40. The third-order valence-corrected chi connectivity index (χ3v) is 7.91. The van der Waals surface area contributed by atoms with Crippen LogP contribution in [0.25, 0.3) is 0 Å². The number of para-hydroxylation sites is 1. The monoisotopic (exact) mass is 538 g/mol. The number of anilines is 2. The number of amides is 2. The first-order valence-electron chi connectivity index (χ1n) is 10.5. The second-order valence-corrected chi connectivity index (χ2v) is 10.6. The minimum atomic E-state index is -3.82. The smallest absolute Gasteiger partial charge is 0.273 e. The zero-order valence-corrected chi connectivity index (χ0v) is 20.9. The molecule has 3 N–H and O–H groups in total. The minimum Gasteiger partial charge on any atom is -0.322 e. The topological polar surface area (TPSA) is 117 Å². The number of benzene rings is 3. The molecule has 182 valence electrons. The standard InChI is InChI=1S/C25H19ClN4O4S2/c26-21-11-3-1-9-19(21)24(31)28-18-8-5-7-17(15-18)16-27-29-25(32)20-10-2-4-12-22(20)30-36(33,34)23-13-6-14-35-23/h1-16,30H,(H,28,31)(H,29,32). The second-order valence-electron chi connectivity index (χ2n) is 7.34. The lowest BCUT2D eigenvalue weighted by atomic mass is 10.2. The molecule has 2 amide bonds. The van der Waals surface area contributed by atoms with Crippen LogP contribution in [0.4, 0.5) is 11.4 Å². The fraction of sp³-hybridized carbons (Fsp3) is 0. The Morgan fingerprint density at radius 1 is 0.861 bits per heavy atom. The van der Waals surface area contributed by atoms with Crippen molar-refractivity contribution in [1.29, 1.82) is 0 Å². The maximum atomic E-state index is 12.7. The van der Waals surface area contributed by atoms with Gasteiger partial charge in [0.05, 0.1) is 28.1 Å². The summed E-state index contributed by atoms with van der Waals surface area (Å²) in [5.74, 6) is -0.955. The first kappa shape index (κ1) is 25.1. The van der Waals surface area contributed by atoms with E-state index in [1.54, 1.807) is 72.1 Å². The lowest BCUT2D eigenvalue weighted by Crippen LogP contribution is -2.21. The highest BCUT2D eigenvalue weighted by atomic mass is 35.5. The number of rotatable bonds is 8. The maximum Gasteiger partial charge on any atom is 0.273 e. The first-order valence-corrected chi connectivity index (χ1v) is 13.2. The van der Waals surface area contributed by atoms with Gasteiger partial charge in [-0.3, -0.25) is 14.3 Å². The number of hydrazone groups is 1.